The number of hydrogen-bond donors (Lipinski definition) is 0. The van der Waals surface area contributed by atoms with Crippen LogP contribution in [0.2, 0.25) is 0 Å². The lowest BCUT2D eigenvalue weighted by Gasteiger charge is -2.25. The first-order valence-electron chi connectivity index (χ1n) is 11.5. The lowest BCUT2D eigenvalue weighted by atomic mass is 10.2. The normalized spacial score (nSPS) is 12.7. The van der Waals surface area contributed by atoms with Crippen LogP contribution in [0.15, 0.2) is 84.0 Å². The molecule has 8 nitrogen and oxygen atoms in total. The van der Waals surface area contributed by atoms with Gasteiger partial charge in [0.2, 0.25) is 12.7 Å². The number of anilines is 1. The minimum absolute atomic E-state index is 0.103. The fraction of sp³-hybridized carbons (Fsp3) is 0.185. The number of nitrogens with zero attached hydrogens (tertiary/aromatic N) is 5. The Kier molecular flexibility index (Phi) is 6.87. The minimum Gasteiger partial charge on any atom is -0.454 e. The molecule has 0 bridgehead atoms. The van der Waals surface area contributed by atoms with Crippen molar-refractivity contribution in [3.05, 3.63) is 78.9 Å². The highest BCUT2D eigenvalue weighted by Gasteiger charge is 2.27. The quantitative estimate of drug-likeness (QED) is 0.313. The Morgan fingerprint density at radius 3 is 2.53 bits per heavy atom. The Balaban J connectivity index is 1.48. The number of ether oxygens (including phenoxy) is 2. The van der Waals surface area contributed by atoms with Gasteiger partial charge in [-0.2, -0.15) is 5.26 Å². The third-order valence-electron chi connectivity index (χ3n) is 5.69. The summed E-state index contributed by atoms with van der Waals surface area (Å²) >= 11 is 1.33. The molecule has 1 unspecified atom stereocenters. The third-order valence-corrected chi connectivity index (χ3v) is 6.72. The molecule has 3 aromatic carbocycles. The zero-order valence-corrected chi connectivity index (χ0v) is 20.4. The molecule has 5 rings (SSSR count). The maximum absolute atomic E-state index is 13.5. The Hall–Kier alpha value is -4.29. The van der Waals surface area contributed by atoms with Crippen LogP contribution in [0.3, 0.4) is 0 Å². The molecule has 1 aliphatic heterocycles. The van der Waals surface area contributed by atoms with E-state index < -0.39 is 5.25 Å². The molecule has 0 aliphatic carbocycles. The molecule has 0 fully saturated rings. The number of para-hydroxylation sites is 2. The van der Waals surface area contributed by atoms with Crippen LogP contribution in [0, 0.1) is 11.3 Å². The summed E-state index contributed by atoms with van der Waals surface area (Å²) in [5, 5.41) is 18.2. The average Bonchev–Trinajstić information content (AvgIpc) is 3.56. The van der Waals surface area contributed by atoms with E-state index in [1.54, 1.807) is 4.90 Å². The second-order valence-corrected chi connectivity index (χ2v) is 9.35. The maximum Gasteiger partial charge on any atom is 0.240 e. The molecule has 0 radical (unpaired) electrons. The largest absolute Gasteiger partial charge is 0.454 e. The van der Waals surface area contributed by atoms with Crippen molar-refractivity contribution in [2.24, 2.45) is 0 Å². The van der Waals surface area contributed by atoms with E-state index in [1.807, 2.05) is 90.4 Å². The number of hydrogen-bond acceptors (Lipinski definition) is 7. The summed E-state index contributed by atoms with van der Waals surface area (Å²) in [7, 11) is 0. The van der Waals surface area contributed by atoms with Crippen molar-refractivity contribution in [3.8, 4) is 34.6 Å². The number of amides is 1. The number of rotatable bonds is 8. The molecule has 1 amide bonds. The van der Waals surface area contributed by atoms with Gasteiger partial charge in [0.05, 0.1) is 17.7 Å². The van der Waals surface area contributed by atoms with Crippen LogP contribution in [0.5, 0.6) is 11.5 Å². The smallest absolute Gasteiger partial charge is 0.240 e. The van der Waals surface area contributed by atoms with Crippen LogP contribution in [-0.2, 0) is 4.79 Å². The highest BCUT2D eigenvalue weighted by atomic mass is 32.2. The Morgan fingerprint density at radius 1 is 1.06 bits per heavy atom. The Labute approximate surface area is 213 Å². The monoisotopic (exact) mass is 497 g/mol. The Morgan fingerprint density at radius 2 is 1.78 bits per heavy atom. The molecular weight excluding hydrogens is 474 g/mol. The molecular formula is C27H23N5O3S. The van der Waals surface area contributed by atoms with Crippen molar-refractivity contribution in [3.63, 3.8) is 0 Å². The number of aromatic nitrogens is 3. The van der Waals surface area contributed by atoms with Gasteiger partial charge in [-0.15, -0.1) is 10.2 Å². The van der Waals surface area contributed by atoms with Gasteiger partial charge in [-0.25, -0.2) is 0 Å². The van der Waals surface area contributed by atoms with Crippen molar-refractivity contribution < 1.29 is 14.3 Å². The summed E-state index contributed by atoms with van der Waals surface area (Å²) in [5.74, 6) is 1.88. The average molecular weight is 498 g/mol. The van der Waals surface area contributed by atoms with Crippen LogP contribution >= 0.6 is 11.8 Å². The predicted molar refractivity (Wildman–Crippen MR) is 137 cm³/mol. The van der Waals surface area contributed by atoms with Crippen molar-refractivity contribution in [2.75, 3.05) is 18.2 Å². The molecule has 1 aromatic heterocycles. The summed E-state index contributed by atoms with van der Waals surface area (Å²) in [5.41, 5.74) is 2.46. The molecule has 4 aromatic rings. The lowest BCUT2D eigenvalue weighted by molar-refractivity contribution is -0.117. The SMILES string of the molecule is CC(Sc1nnc(-c2ccc3c(c2)OCO3)n1-c1ccccc1)C(=O)N(CCC#N)c1ccccc1. The number of benzene rings is 3. The van der Waals surface area contributed by atoms with Gasteiger partial charge in [-0.3, -0.25) is 9.36 Å². The van der Waals surface area contributed by atoms with E-state index in [4.69, 9.17) is 14.7 Å². The van der Waals surface area contributed by atoms with Gasteiger partial charge in [0, 0.05) is 23.5 Å². The van der Waals surface area contributed by atoms with E-state index in [-0.39, 0.29) is 19.1 Å². The molecule has 0 N–H and O–H groups in total. The van der Waals surface area contributed by atoms with E-state index in [2.05, 4.69) is 16.3 Å². The first-order chi connectivity index (χ1) is 17.7. The molecule has 9 heteroatoms. The second-order valence-electron chi connectivity index (χ2n) is 8.04. The summed E-state index contributed by atoms with van der Waals surface area (Å²) in [6.07, 6.45) is 0.243. The number of carbonyl (C=O) groups excluding carboxylic acids is 1. The summed E-state index contributed by atoms with van der Waals surface area (Å²) in [6, 6.07) is 27.0. The van der Waals surface area contributed by atoms with Gasteiger partial charge in [0.25, 0.3) is 0 Å². The van der Waals surface area contributed by atoms with Crippen molar-refractivity contribution >= 4 is 23.4 Å². The van der Waals surface area contributed by atoms with Crippen molar-refractivity contribution in [1.82, 2.24) is 14.8 Å². The van der Waals surface area contributed by atoms with Gasteiger partial charge in [0.1, 0.15) is 0 Å². The molecule has 0 saturated carbocycles. The van der Waals surface area contributed by atoms with E-state index in [9.17, 15) is 4.79 Å². The van der Waals surface area contributed by atoms with Gasteiger partial charge in [-0.05, 0) is 49.4 Å². The molecule has 180 valence electrons. The molecule has 0 saturated heterocycles. The predicted octanol–water partition coefficient (Wildman–Crippen LogP) is 5.09. The zero-order chi connectivity index (χ0) is 24.9. The highest BCUT2D eigenvalue weighted by molar-refractivity contribution is 8.00. The van der Waals surface area contributed by atoms with Gasteiger partial charge >= 0.3 is 0 Å². The van der Waals surface area contributed by atoms with E-state index in [0.29, 0.717) is 29.0 Å². The molecule has 1 atom stereocenters. The number of nitriles is 1. The zero-order valence-electron chi connectivity index (χ0n) is 19.6. The molecule has 1 aliphatic rings. The van der Waals surface area contributed by atoms with Crippen LogP contribution in [0.1, 0.15) is 13.3 Å². The standard InChI is InChI=1S/C27H23N5O3S/c1-19(26(33)31(16-8-15-28)21-9-4-2-5-10-21)36-27-30-29-25(32(27)22-11-6-3-7-12-22)20-13-14-23-24(17-20)35-18-34-23/h2-7,9-14,17,19H,8,16,18H2,1H3. The van der Waals surface area contributed by atoms with Crippen LogP contribution in [0.25, 0.3) is 17.1 Å². The third kappa shape index (κ3) is 4.76. The van der Waals surface area contributed by atoms with Crippen LogP contribution in [0.4, 0.5) is 5.69 Å². The van der Waals surface area contributed by atoms with Crippen molar-refractivity contribution in [2.45, 2.75) is 23.8 Å². The van der Waals surface area contributed by atoms with Crippen LogP contribution < -0.4 is 14.4 Å². The van der Waals surface area contributed by atoms with E-state index in [1.165, 1.54) is 11.8 Å². The first-order valence-corrected chi connectivity index (χ1v) is 12.3. The first kappa shape index (κ1) is 23.5. The number of thioether (sulfide) groups is 1. The topological polar surface area (TPSA) is 93.3 Å². The second kappa shape index (κ2) is 10.5. The van der Waals surface area contributed by atoms with Crippen LogP contribution in [-0.4, -0.2) is 39.3 Å². The van der Waals surface area contributed by atoms with Gasteiger partial charge in [0.15, 0.2) is 22.5 Å². The number of fused-ring (bicyclic) bond motifs is 1. The fourth-order valence-electron chi connectivity index (χ4n) is 3.94. The maximum atomic E-state index is 13.5. The molecule has 2 heterocycles. The van der Waals surface area contributed by atoms with Gasteiger partial charge < -0.3 is 14.4 Å². The summed E-state index contributed by atoms with van der Waals surface area (Å²) in [6.45, 7) is 2.35. The summed E-state index contributed by atoms with van der Waals surface area (Å²) in [4.78, 5) is 15.2. The van der Waals surface area contributed by atoms with Gasteiger partial charge in [-0.1, -0.05) is 48.2 Å². The molecule has 0 spiro atoms. The van der Waals surface area contributed by atoms with E-state index in [0.717, 1.165) is 16.9 Å². The number of carbonyl (C=O) groups is 1. The highest BCUT2D eigenvalue weighted by Crippen LogP contribution is 2.37. The lowest BCUT2D eigenvalue weighted by Crippen LogP contribution is -2.37. The fourth-order valence-corrected chi connectivity index (χ4v) is 4.87. The minimum atomic E-state index is -0.472. The summed E-state index contributed by atoms with van der Waals surface area (Å²) < 4.78 is 12.9. The Bertz CT molecular complexity index is 1400. The van der Waals surface area contributed by atoms with E-state index >= 15 is 0 Å². The molecule has 36 heavy (non-hydrogen) atoms. The van der Waals surface area contributed by atoms with Crippen molar-refractivity contribution in [1.29, 1.82) is 5.26 Å².